The van der Waals surface area contributed by atoms with Gasteiger partial charge in [-0.05, 0) is 31.7 Å². The van der Waals surface area contributed by atoms with Crippen LogP contribution in [0.4, 0.5) is 15.8 Å². The van der Waals surface area contributed by atoms with E-state index >= 15 is 0 Å². The molecule has 0 aliphatic rings. The van der Waals surface area contributed by atoms with Crippen molar-refractivity contribution in [3.63, 3.8) is 0 Å². The van der Waals surface area contributed by atoms with E-state index in [9.17, 15) is 14.5 Å². The molecule has 1 N–H and O–H groups in total. The first-order valence-electron chi connectivity index (χ1n) is 6.10. The van der Waals surface area contributed by atoms with Crippen molar-refractivity contribution in [2.75, 3.05) is 5.32 Å². The molecule has 1 atom stereocenters. The highest BCUT2D eigenvalue weighted by atomic mass is 19.1. The number of hydrogen-bond donors (Lipinski definition) is 1. The third-order valence-corrected chi connectivity index (χ3v) is 2.73. The molecule has 1 rings (SSSR count). The van der Waals surface area contributed by atoms with E-state index in [2.05, 4.69) is 19.2 Å². The van der Waals surface area contributed by atoms with Gasteiger partial charge in [0.25, 0.3) is 5.69 Å². The molecule has 4 nitrogen and oxygen atoms in total. The monoisotopic (exact) mass is 254 g/mol. The number of anilines is 1. The summed E-state index contributed by atoms with van der Waals surface area (Å²) in [6, 6.07) is 3.53. The first-order chi connectivity index (χ1) is 8.40. The average Bonchev–Trinajstić information content (AvgIpc) is 2.26. The molecule has 0 bridgehead atoms. The minimum absolute atomic E-state index is 0.0768. The summed E-state index contributed by atoms with van der Waals surface area (Å²) in [7, 11) is 0. The molecule has 1 aromatic rings. The number of rotatable bonds is 6. The van der Waals surface area contributed by atoms with E-state index in [-0.39, 0.29) is 17.4 Å². The zero-order chi connectivity index (χ0) is 13.7. The van der Waals surface area contributed by atoms with Crippen molar-refractivity contribution in [1.82, 2.24) is 0 Å². The van der Waals surface area contributed by atoms with Gasteiger partial charge in [-0.25, -0.2) is 4.39 Å². The van der Waals surface area contributed by atoms with Crippen molar-refractivity contribution < 1.29 is 9.31 Å². The van der Waals surface area contributed by atoms with Gasteiger partial charge in [-0.15, -0.1) is 0 Å². The van der Waals surface area contributed by atoms with E-state index < -0.39 is 10.7 Å². The fourth-order valence-electron chi connectivity index (χ4n) is 1.70. The number of nitro groups is 1. The van der Waals surface area contributed by atoms with Gasteiger partial charge in [-0.3, -0.25) is 10.1 Å². The Labute approximate surface area is 106 Å². The molecule has 0 heterocycles. The summed E-state index contributed by atoms with van der Waals surface area (Å²) in [5.74, 6) is 0.107. The van der Waals surface area contributed by atoms with Crippen LogP contribution in [-0.4, -0.2) is 11.0 Å². The highest BCUT2D eigenvalue weighted by molar-refractivity contribution is 5.61. The maximum absolute atomic E-state index is 13.1. The lowest BCUT2D eigenvalue weighted by atomic mass is 10.0. The third-order valence-electron chi connectivity index (χ3n) is 2.73. The molecule has 1 aromatic carbocycles. The van der Waals surface area contributed by atoms with Crippen LogP contribution in [0.1, 0.15) is 33.6 Å². The Morgan fingerprint density at radius 1 is 1.33 bits per heavy atom. The molecule has 0 amide bonds. The van der Waals surface area contributed by atoms with Gasteiger partial charge in [0, 0.05) is 18.2 Å². The van der Waals surface area contributed by atoms with Crippen LogP contribution in [0.2, 0.25) is 0 Å². The van der Waals surface area contributed by atoms with Crippen LogP contribution in [0.25, 0.3) is 0 Å². The smallest absolute Gasteiger partial charge is 0.292 e. The van der Waals surface area contributed by atoms with Crippen molar-refractivity contribution in [1.29, 1.82) is 0 Å². The fourth-order valence-corrected chi connectivity index (χ4v) is 1.70. The topological polar surface area (TPSA) is 55.2 Å². The van der Waals surface area contributed by atoms with Gasteiger partial charge in [0.2, 0.25) is 0 Å². The zero-order valence-electron chi connectivity index (χ0n) is 10.9. The predicted molar refractivity (Wildman–Crippen MR) is 70.2 cm³/mol. The van der Waals surface area contributed by atoms with Gasteiger partial charge in [0.1, 0.15) is 11.5 Å². The van der Waals surface area contributed by atoms with Crippen LogP contribution in [-0.2, 0) is 0 Å². The number of hydrogen-bond acceptors (Lipinski definition) is 3. The molecule has 5 heteroatoms. The Hall–Kier alpha value is -1.65. The van der Waals surface area contributed by atoms with Crippen molar-refractivity contribution in [2.24, 2.45) is 5.92 Å². The summed E-state index contributed by atoms with van der Waals surface area (Å²) < 4.78 is 13.1. The Bertz CT molecular complexity index is 421. The molecule has 0 aliphatic heterocycles. The van der Waals surface area contributed by atoms with E-state index in [0.717, 1.165) is 18.9 Å². The number of benzene rings is 1. The van der Waals surface area contributed by atoms with Crippen molar-refractivity contribution in [3.05, 3.63) is 34.1 Å². The maximum atomic E-state index is 13.1. The van der Waals surface area contributed by atoms with Gasteiger partial charge < -0.3 is 5.32 Å². The summed E-state index contributed by atoms with van der Waals surface area (Å²) >= 11 is 0. The second-order valence-electron chi connectivity index (χ2n) is 4.94. The Morgan fingerprint density at radius 3 is 2.56 bits per heavy atom. The van der Waals surface area contributed by atoms with Crippen LogP contribution < -0.4 is 5.32 Å². The summed E-state index contributed by atoms with van der Waals surface area (Å²) in [4.78, 5) is 10.3. The van der Waals surface area contributed by atoms with Crippen LogP contribution >= 0.6 is 0 Å². The quantitative estimate of drug-likeness (QED) is 0.617. The summed E-state index contributed by atoms with van der Waals surface area (Å²) in [6.45, 7) is 6.19. The molecule has 0 fully saturated rings. The lowest BCUT2D eigenvalue weighted by molar-refractivity contribution is -0.384. The maximum Gasteiger partial charge on any atom is 0.292 e. The largest absolute Gasteiger partial charge is 0.377 e. The summed E-state index contributed by atoms with van der Waals surface area (Å²) in [5, 5.41) is 13.8. The zero-order valence-corrected chi connectivity index (χ0v) is 10.9. The Balaban J connectivity index is 2.76. The summed E-state index contributed by atoms with van der Waals surface area (Å²) in [5.41, 5.74) is 0.157. The van der Waals surface area contributed by atoms with Crippen LogP contribution in [0.5, 0.6) is 0 Å². The molecular formula is C13H19FN2O2. The Kier molecular flexibility index (Phi) is 5.07. The van der Waals surface area contributed by atoms with E-state index in [0.29, 0.717) is 5.92 Å². The average molecular weight is 254 g/mol. The highest BCUT2D eigenvalue weighted by Crippen LogP contribution is 2.26. The van der Waals surface area contributed by atoms with E-state index in [1.54, 1.807) is 0 Å². The summed E-state index contributed by atoms with van der Waals surface area (Å²) in [6.07, 6.45) is 1.92. The molecule has 0 saturated carbocycles. The fraction of sp³-hybridized carbons (Fsp3) is 0.538. The Morgan fingerprint density at radius 2 is 2.00 bits per heavy atom. The molecule has 0 aromatic heterocycles. The third kappa shape index (κ3) is 4.31. The van der Waals surface area contributed by atoms with Gasteiger partial charge in [-0.1, -0.05) is 13.8 Å². The molecule has 0 aliphatic carbocycles. The molecule has 18 heavy (non-hydrogen) atoms. The predicted octanol–water partition coefficient (Wildman–Crippen LogP) is 3.97. The standard InChI is InChI=1S/C13H19FN2O2/c1-9(2)4-5-10(3)15-12-8-11(14)6-7-13(12)16(17)18/h6-10,15H,4-5H2,1-3H3. The van der Waals surface area contributed by atoms with Crippen LogP contribution in [0, 0.1) is 21.8 Å². The first kappa shape index (κ1) is 14.4. The molecule has 100 valence electrons. The first-order valence-corrected chi connectivity index (χ1v) is 6.10. The molecule has 0 spiro atoms. The number of nitrogens with zero attached hydrogens (tertiary/aromatic N) is 1. The minimum atomic E-state index is -0.503. The molecule has 0 saturated heterocycles. The number of nitro benzene ring substituents is 1. The van der Waals surface area contributed by atoms with Gasteiger partial charge in [0.15, 0.2) is 0 Å². The van der Waals surface area contributed by atoms with Crippen LogP contribution in [0.3, 0.4) is 0 Å². The molecular weight excluding hydrogens is 235 g/mol. The van der Waals surface area contributed by atoms with E-state index in [1.165, 1.54) is 12.1 Å². The minimum Gasteiger partial charge on any atom is -0.377 e. The van der Waals surface area contributed by atoms with E-state index in [4.69, 9.17) is 0 Å². The lowest BCUT2D eigenvalue weighted by Gasteiger charge is -2.16. The highest BCUT2D eigenvalue weighted by Gasteiger charge is 2.16. The van der Waals surface area contributed by atoms with Gasteiger partial charge in [0.05, 0.1) is 4.92 Å². The number of halogens is 1. The van der Waals surface area contributed by atoms with Crippen LogP contribution in [0.15, 0.2) is 18.2 Å². The van der Waals surface area contributed by atoms with Crippen molar-refractivity contribution in [2.45, 2.75) is 39.7 Å². The lowest BCUT2D eigenvalue weighted by Crippen LogP contribution is -2.16. The second-order valence-corrected chi connectivity index (χ2v) is 4.94. The SMILES string of the molecule is CC(C)CCC(C)Nc1cc(F)ccc1[N+](=O)[O-]. The normalized spacial score (nSPS) is 12.5. The molecule has 1 unspecified atom stereocenters. The van der Waals surface area contributed by atoms with Gasteiger partial charge in [-0.2, -0.15) is 0 Å². The van der Waals surface area contributed by atoms with Crippen molar-refractivity contribution in [3.8, 4) is 0 Å². The number of nitrogens with one attached hydrogen (secondary N) is 1. The van der Waals surface area contributed by atoms with Gasteiger partial charge >= 0.3 is 0 Å². The van der Waals surface area contributed by atoms with Crippen molar-refractivity contribution >= 4 is 11.4 Å². The second kappa shape index (κ2) is 6.33. The molecule has 0 radical (unpaired) electrons. The van der Waals surface area contributed by atoms with E-state index in [1.807, 2.05) is 6.92 Å².